The van der Waals surface area contributed by atoms with Crippen molar-refractivity contribution in [1.29, 1.82) is 0 Å². The van der Waals surface area contributed by atoms with Crippen LogP contribution in [0.5, 0.6) is 0 Å². The Morgan fingerprint density at radius 3 is 2.36 bits per heavy atom. The Balaban J connectivity index is 2.02. The highest BCUT2D eigenvalue weighted by molar-refractivity contribution is 7.98. The molecule has 3 aromatic rings. The quantitative estimate of drug-likeness (QED) is 0.580. The molecular weight excluding hydrogens is 292 g/mol. The molecule has 1 heterocycles. The molecule has 1 aromatic heterocycles. The summed E-state index contributed by atoms with van der Waals surface area (Å²) in [6.07, 6.45) is 1.40. The van der Waals surface area contributed by atoms with E-state index in [1.165, 1.54) is 0 Å². The van der Waals surface area contributed by atoms with Gasteiger partial charge >= 0.3 is 0 Å². The molecule has 0 aliphatic rings. The molecule has 0 bridgehead atoms. The van der Waals surface area contributed by atoms with E-state index in [4.69, 9.17) is 0 Å². The van der Waals surface area contributed by atoms with Crippen molar-refractivity contribution in [3.8, 4) is 0 Å². The first-order valence-electron chi connectivity index (χ1n) is 7.24. The molecule has 0 saturated carbocycles. The summed E-state index contributed by atoms with van der Waals surface area (Å²) in [7, 11) is 0. The van der Waals surface area contributed by atoms with Crippen molar-refractivity contribution in [1.82, 2.24) is 9.97 Å². The predicted octanol–water partition coefficient (Wildman–Crippen LogP) is 4.19. The highest BCUT2D eigenvalue weighted by atomic mass is 32.2. The van der Waals surface area contributed by atoms with Gasteiger partial charge in [-0.2, -0.15) is 0 Å². The molecule has 0 spiro atoms. The molecule has 3 nitrogen and oxygen atoms in total. The Kier molecular flexibility index (Phi) is 4.41. The predicted molar refractivity (Wildman–Crippen MR) is 91.1 cm³/mol. The first-order valence-corrected chi connectivity index (χ1v) is 8.47. The van der Waals surface area contributed by atoms with Crippen molar-refractivity contribution in [2.75, 3.05) is 6.26 Å². The van der Waals surface area contributed by atoms with Crippen LogP contribution in [0.15, 0.2) is 59.6 Å². The summed E-state index contributed by atoms with van der Waals surface area (Å²) < 4.78 is 0. The maximum atomic E-state index is 10.6. The summed E-state index contributed by atoms with van der Waals surface area (Å²) in [5.41, 5.74) is 1.81. The number of aliphatic hydroxyl groups excluding tert-OH is 1. The zero-order valence-electron chi connectivity index (χ0n) is 12.6. The first-order chi connectivity index (χ1) is 10.7. The number of benzene rings is 2. The standard InChI is InChI=1S/C18H18N2OS/c1-12(16(21)13-8-4-3-5-9-13)17-19-15-11-7-6-10-14(15)18(20-17)22-2/h3-12,16,21H,1-2H3. The molecule has 22 heavy (non-hydrogen) atoms. The zero-order valence-corrected chi connectivity index (χ0v) is 13.4. The third-order valence-electron chi connectivity index (χ3n) is 3.80. The number of hydrogen-bond acceptors (Lipinski definition) is 4. The molecule has 2 atom stereocenters. The zero-order chi connectivity index (χ0) is 15.5. The third kappa shape index (κ3) is 2.85. The number of hydrogen-bond donors (Lipinski definition) is 1. The van der Waals surface area contributed by atoms with Crippen LogP contribution < -0.4 is 0 Å². The minimum Gasteiger partial charge on any atom is -0.388 e. The molecule has 0 fully saturated rings. The van der Waals surface area contributed by atoms with Crippen LogP contribution in [0.3, 0.4) is 0 Å². The van der Waals surface area contributed by atoms with E-state index >= 15 is 0 Å². The molecule has 2 unspecified atom stereocenters. The second-order valence-corrected chi connectivity index (χ2v) is 6.05. The van der Waals surface area contributed by atoms with Gasteiger partial charge < -0.3 is 5.11 Å². The fourth-order valence-corrected chi connectivity index (χ4v) is 3.08. The average Bonchev–Trinajstić information content (AvgIpc) is 2.60. The van der Waals surface area contributed by atoms with Crippen molar-refractivity contribution in [2.24, 2.45) is 0 Å². The number of nitrogens with zero attached hydrogens (tertiary/aromatic N) is 2. The topological polar surface area (TPSA) is 46.0 Å². The Morgan fingerprint density at radius 1 is 0.955 bits per heavy atom. The number of rotatable bonds is 4. The minimum absolute atomic E-state index is 0.169. The monoisotopic (exact) mass is 310 g/mol. The SMILES string of the molecule is CSc1nc(C(C)C(O)c2ccccc2)nc2ccccc12. The number of aliphatic hydroxyl groups is 1. The maximum absolute atomic E-state index is 10.6. The van der Waals surface area contributed by atoms with E-state index in [9.17, 15) is 5.11 Å². The number of thioether (sulfide) groups is 1. The second kappa shape index (κ2) is 6.46. The second-order valence-electron chi connectivity index (χ2n) is 5.25. The summed E-state index contributed by atoms with van der Waals surface area (Å²) in [5, 5.41) is 12.6. The van der Waals surface area contributed by atoms with Gasteiger partial charge in [-0.05, 0) is 17.9 Å². The van der Waals surface area contributed by atoms with Crippen LogP contribution in [0.1, 0.15) is 30.3 Å². The molecule has 0 amide bonds. The van der Waals surface area contributed by atoms with Gasteiger partial charge in [0.15, 0.2) is 0 Å². The number of aromatic nitrogens is 2. The van der Waals surface area contributed by atoms with Gasteiger partial charge in [0, 0.05) is 11.3 Å². The molecule has 4 heteroatoms. The van der Waals surface area contributed by atoms with Crippen LogP contribution in [-0.4, -0.2) is 21.3 Å². The molecule has 3 rings (SSSR count). The van der Waals surface area contributed by atoms with Crippen LogP contribution in [0, 0.1) is 0 Å². The van der Waals surface area contributed by atoms with Crippen LogP contribution in [0.2, 0.25) is 0 Å². The lowest BCUT2D eigenvalue weighted by Crippen LogP contribution is -2.11. The average molecular weight is 310 g/mol. The Labute approximate surface area is 134 Å². The molecule has 112 valence electrons. The number of para-hydroxylation sites is 1. The van der Waals surface area contributed by atoms with Gasteiger partial charge in [-0.25, -0.2) is 9.97 Å². The van der Waals surface area contributed by atoms with E-state index in [2.05, 4.69) is 9.97 Å². The minimum atomic E-state index is -0.614. The van der Waals surface area contributed by atoms with Crippen molar-refractivity contribution in [3.63, 3.8) is 0 Å². The van der Waals surface area contributed by atoms with Gasteiger partial charge in [0.25, 0.3) is 0 Å². The van der Waals surface area contributed by atoms with Gasteiger partial charge in [0.1, 0.15) is 10.9 Å². The summed E-state index contributed by atoms with van der Waals surface area (Å²) in [5.74, 6) is 0.511. The Morgan fingerprint density at radius 2 is 1.64 bits per heavy atom. The normalized spacial score (nSPS) is 14.0. The van der Waals surface area contributed by atoms with E-state index in [-0.39, 0.29) is 5.92 Å². The van der Waals surface area contributed by atoms with E-state index in [1.54, 1.807) is 11.8 Å². The Hall–Kier alpha value is -1.91. The number of fused-ring (bicyclic) bond motifs is 1. The maximum Gasteiger partial charge on any atom is 0.136 e. The van der Waals surface area contributed by atoms with E-state index in [0.29, 0.717) is 5.82 Å². The van der Waals surface area contributed by atoms with Gasteiger partial charge in [0.05, 0.1) is 11.6 Å². The van der Waals surface area contributed by atoms with E-state index < -0.39 is 6.10 Å². The van der Waals surface area contributed by atoms with Crippen molar-refractivity contribution < 1.29 is 5.11 Å². The van der Waals surface area contributed by atoms with Crippen LogP contribution >= 0.6 is 11.8 Å². The molecule has 2 aromatic carbocycles. The van der Waals surface area contributed by atoms with Crippen LogP contribution in [-0.2, 0) is 0 Å². The fourth-order valence-electron chi connectivity index (χ4n) is 2.50. The van der Waals surface area contributed by atoms with Gasteiger partial charge in [0.2, 0.25) is 0 Å². The summed E-state index contributed by atoms with van der Waals surface area (Å²) in [6, 6.07) is 17.6. The largest absolute Gasteiger partial charge is 0.388 e. The molecule has 0 saturated heterocycles. The molecule has 0 aliphatic heterocycles. The van der Waals surface area contributed by atoms with Gasteiger partial charge in [-0.15, -0.1) is 11.8 Å². The summed E-state index contributed by atoms with van der Waals surface area (Å²) >= 11 is 1.60. The van der Waals surface area contributed by atoms with E-state index in [1.807, 2.05) is 67.8 Å². The third-order valence-corrected chi connectivity index (χ3v) is 4.50. The fraction of sp³-hybridized carbons (Fsp3) is 0.222. The lowest BCUT2D eigenvalue weighted by Gasteiger charge is -2.19. The summed E-state index contributed by atoms with van der Waals surface area (Å²) in [4.78, 5) is 9.30. The molecule has 0 aliphatic carbocycles. The molecule has 1 N–H and O–H groups in total. The highest BCUT2D eigenvalue weighted by Gasteiger charge is 2.22. The van der Waals surface area contributed by atoms with Crippen molar-refractivity contribution in [3.05, 3.63) is 66.0 Å². The highest BCUT2D eigenvalue weighted by Crippen LogP contribution is 2.31. The van der Waals surface area contributed by atoms with Crippen LogP contribution in [0.4, 0.5) is 0 Å². The molecule has 0 radical (unpaired) electrons. The van der Waals surface area contributed by atoms with E-state index in [0.717, 1.165) is 21.5 Å². The van der Waals surface area contributed by atoms with Crippen LogP contribution in [0.25, 0.3) is 10.9 Å². The van der Waals surface area contributed by atoms with Gasteiger partial charge in [-0.1, -0.05) is 55.5 Å². The summed E-state index contributed by atoms with van der Waals surface area (Å²) in [6.45, 7) is 1.96. The molecular formula is C18H18N2OS. The lowest BCUT2D eigenvalue weighted by molar-refractivity contribution is 0.148. The first kappa shape index (κ1) is 15.0. The smallest absolute Gasteiger partial charge is 0.136 e. The lowest BCUT2D eigenvalue weighted by atomic mass is 9.96. The Bertz CT molecular complexity index is 776. The van der Waals surface area contributed by atoms with Crippen molar-refractivity contribution >= 4 is 22.7 Å². The van der Waals surface area contributed by atoms with Gasteiger partial charge in [-0.3, -0.25) is 0 Å². The van der Waals surface area contributed by atoms with Crippen molar-refractivity contribution in [2.45, 2.75) is 24.0 Å².